The fraction of sp³-hybridized carbons (Fsp3) is 0.889. The number of carboxylic acid groups (broad SMARTS) is 1. The molecule has 1 rings (SSSR count). The maximum Gasteiger partial charge on any atom is 0.451 e. The van der Waals surface area contributed by atoms with Gasteiger partial charge in [-0.2, -0.15) is 0 Å². The number of carboxylic acids is 1. The second-order valence-electron chi connectivity index (χ2n) is 4.46. The number of aliphatic carboxylic acids is 1. The van der Waals surface area contributed by atoms with Crippen LogP contribution >= 0.6 is 0 Å². The third-order valence-electron chi connectivity index (χ3n) is 3.04. The van der Waals surface area contributed by atoms with E-state index >= 15 is 0 Å². The normalized spacial score (nSPS) is 29.3. The summed E-state index contributed by atoms with van der Waals surface area (Å²) in [7, 11) is -1.31. The molecule has 0 aliphatic carbocycles. The molecule has 0 amide bonds. The Balaban J connectivity index is 2.38. The lowest BCUT2D eigenvalue weighted by Gasteiger charge is -2.24. The summed E-state index contributed by atoms with van der Waals surface area (Å²) in [6.45, 7) is 0.523. The first-order valence-electron chi connectivity index (χ1n) is 5.56. The lowest BCUT2D eigenvalue weighted by atomic mass is 9.81. The van der Waals surface area contributed by atoms with E-state index in [2.05, 4.69) is 5.32 Å². The molecule has 1 saturated heterocycles. The molecule has 7 heteroatoms. The third kappa shape index (κ3) is 3.45. The number of hydrogen-bond donors (Lipinski definition) is 5. The summed E-state index contributed by atoms with van der Waals surface area (Å²) in [6, 6.07) is -0.112. The van der Waals surface area contributed by atoms with Crippen LogP contribution < -0.4 is 11.1 Å². The van der Waals surface area contributed by atoms with Crippen LogP contribution in [0, 0.1) is 0 Å². The predicted octanol–water partition coefficient (Wildman–Crippen LogP) is -1.23. The highest BCUT2D eigenvalue weighted by molar-refractivity contribution is 6.40. The zero-order valence-electron chi connectivity index (χ0n) is 9.22. The van der Waals surface area contributed by atoms with Crippen LogP contribution in [0.15, 0.2) is 0 Å². The molecular weight excluding hydrogens is 211 g/mol. The summed E-state index contributed by atoms with van der Waals surface area (Å²) in [5.74, 6) is -0.870. The average molecular weight is 230 g/mol. The minimum Gasteiger partial charge on any atom is -0.480 e. The zero-order chi connectivity index (χ0) is 12.2. The van der Waals surface area contributed by atoms with Gasteiger partial charge >= 0.3 is 13.1 Å². The highest BCUT2D eigenvalue weighted by atomic mass is 16.4. The summed E-state index contributed by atoms with van der Waals surface area (Å²) in [5.41, 5.74) is 4.78. The first kappa shape index (κ1) is 13.4. The minimum atomic E-state index is -1.31. The lowest BCUT2D eigenvalue weighted by molar-refractivity contribution is -0.144. The van der Waals surface area contributed by atoms with Gasteiger partial charge in [-0.25, -0.2) is 0 Å². The van der Waals surface area contributed by atoms with Gasteiger partial charge < -0.3 is 26.2 Å². The van der Waals surface area contributed by atoms with Gasteiger partial charge in [0.05, 0.1) is 0 Å². The van der Waals surface area contributed by atoms with Crippen molar-refractivity contribution in [2.24, 2.45) is 5.73 Å². The molecule has 0 radical (unpaired) electrons. The summed E-state index contributed by atoms with van der Waals surface area (Å²) in [5, 5.41) is 29.5. The molecule has 1 aliphatic heterocycles. The van der Waals surface area contributed by atoms with E-state index in [1.54, 1.807) is 0 Å². The second-order valence-corrected chi connectivity index (χ2v) is 4.46. The fourth-order valence-electron chi connectivity index (χ4n) is 2.13. The largest absolute Gasteiger partial charge is 0.480 e. The first-order valence-corrected chi connectivity index (χ1v) is 5.56. The van der Waals surface area contributed by atoms with E-state index in [1.807, 2.05) is 0 Å². The van der Waals surface area contributed by atoms with Crippen molar-refractivity contribution >= 4 is 13.1 Å². The Kier molecular flexibility index (Phi) is 4.73. The lowest BCUT2D eigenvalue weighted by Crippen LogP contribution is -2.47. The molecule has 0 bridgehead atoms. The van der Waals surface area contributed by atoms with E-state index in [1.165, 1.54) is 0 Å². The van der Waals surface area contributed by atoms with Gasteiger partial charge in [0.15, 0.2) is 0 Å². The molecule has 0 spiro atoms. The molecule has 16 heavy (non-hydrogen) atoms. The standard InChI is InChI=1S/C9H19BN2O4/c11-7-5-9(8(13)14,12-6-7)3-1-2-4-10(15)16/h7,12,15-16H,1-6,11H2,(H,13,14)/t7-,9+/m0/s1. The highest BCUT2D eigenvalue weighted by Gasteiger charge is 2.43. The van der Waals surface area contributed by atoms with Crippen molar-refractivity contribution in [3.8, 4) is 0 Å². The van der Waals surface area contributed by atoms with Crippen molar-refractivity contribution in [2.45, 2.75) is 43.6 Å². The topological polar surface area (TPSA) is 116 Å². The van der Waals surface area contributed by atoms with E-state index in [0.717, 1.165) is 0 Å². The van der Waals surface area contributed by atoms with Crippen molar-refractivity contribution in [1.29, 1.82) is 0 Å². The van der Waals surface area contributed by atoms with Crippen LogP contribution in [-0.4, -0.2) is 46.4 Å². The van der Waals surface area contributed by atoms with Crippen molar-refractivity contribution < 1.29 is 19.9 Å². The zero-order valence-corrected chi connectivity index (χ0v) is 9.22. The van der Waals surface area contributed by atoms with Crippen LogP contribution in [0.25, 0.3) is 0 Å². The van der Waals surface area contributed by atoms with Crippen LogP contribution in [-0.2, 0) is 4.79 Å². The molecule has 0 saturated carbocycles. The van der Waals surface area contributed by atoms with E-state index in [9.17, 15) is 9.90 Å². The minimum absolute atomic E-state index is 0.112. The van der Waals surface area contributed by atoms with Crippen molar-refractivity contribution in [2.75, 3.05) is 6.54 Å². The molecule has 0 aromatic rings. The Morgan fingerprint density at radius 2 is 2.19 bits per heavy atom. The second kappa shape index (κ2) is 5.63. The van der Waals surface area contributed by atoms with Crippen molar-refractivity contribution in [3.05, 3.63) is 0 Å². The maximum atomic E-state index is 11.2. The summed E-state index contributed by atoms with van der Waals surface area (Å²) >= 11 is 0. The van der Waals surface area contributed by atoms with Gasteiger partial charge in [0.25, 0.3) is 0 Å². The molecule has 6 N–H and O–H groups in total. The van der Waals surface area contributed by atoms with Gasteiger partial charge in [0.2, 0.25) is 0 Å². The van der Waals surface area contributed by atoms with Gasteiger partial charge in [-0.05, 0) is 19.2 Å². The van der Waals surface area contributed by atoms with Crippen LogP contribution in [0.2, 0.25) is 6.32 Å². The number of unbranched alkanes of at least 4 members (excludes halogenated alkanes) is 1. The van der Waals surface area contributed by atoms with Gasteiger partial charge in [0, 0.05) is 12.6 Å². The van der Waals surface area contributed by atoms with E-state index in [4.69, 9.17) is 15.8 Å². The molecule has 1 fully saturated rings. The molecule has 6 nitrogen and oxygen atoms in total. The number of nitrogens with two attached hydrogens (primary N) is 1. The average Bonchev–Trinajstić information content (AvgIpc) is 2.56. The molecule has 0 aromatic heterocycles. The van der Waals surface area contributed by atoms with Crippen LogP contribution in [0.1, 0.15) is 25.7 Å². The Labute approximate surface area is 95.0 Å². The molecule has 92 valence electrons. The molecule has 0 aromatic carbocycles. The quantitative estimate of drug-likeness (QED) is 0.288. The van der Waals surface area contributed by atoms with Crippen LogP contribution in [0.3, 0.4) is 0 Å². The molecule has 1 heterocycles. The number of nitrogens with one attached hydrogen (secondary N) is 1. The van der Waals surface area contributed by atoms with E-state index in [0.29, 0.717) is 32.2 Å². The highest BCUT2D eigenvalue weighted by Crippen LogP contribution is 2.25. The summed E-state index contributed by atoms with van der Waals surface area (Å²) in [6.07, 6.45) is 2.43. The molecule has 2 atom stereocenters. The molecular formula is C9H19BN2O4. The van der Waals surface area contributed by atoms with Crippen molar-refractivity contribution in [1.82, 2.24) is 5.32 Å². The third-order valence-corrected chi connectivity index (χ3v) is 3.04. The van der Waals surface area contributed by atoms with Crippen molar-refractivity contribution in [3.63, 3.8) is 0 Å². The van der Waals surface area contributed by atoms with Gasteiger partial charge in [-0.1, -0.05) is 12.8 Å². The molecule has 0 unspecified atom stereocenters. The monoisotopic (exact) mass is 230 g/mol. The Bertz CT molecular complexity index is 252. The Hall–Kier alpha value is -0.625. The summed E-state index contributed by atoms with van der Waals surface area (Å²) in [4.78, 5) is 11.2. The van der Waals surface area contributed by atoms with Gasteiger partial charge in [-0.15, -0.1) is 0 Å². The Morgan fingerprint density at radius 3 is 2.62 bits per heavy atom. The molecule has 1 aliphatic rings. The Morgan fingerprint density at radius 1 is 1.50 bits per heavy atom. The predicted molar refractivity (Wildman–Crippen MR) is 59.8 cm³/mol. The fourth-order valence-corrected chi connectivity index (χ4v) is 2.13. The van der Waals surface area contributed by atoms with E-state index in [-0.39, 0.29) is 12.4 Å². The van der Waals surface area contributed by atoms with Crippen LogP contribution in [0.4, 0.5) is 0 Å². The maximum absolute atomic E-state index is 11.2. The smallest absolute Gasteiger partial charge is 0.451 e. The van der Waals surface area contributed by atoms with Gasteiger partial charge in [-0.3, -0.25) is 4.79 Å². The van der Waals surface area contributed by atoms with Gasteiger partial charge in [0.1, 0.15) is 5.54 Å². The first-order chi connectivity index (χ1) is 7.46. The van der Waals surface area contributed by atoms with Crippen LogP contribution in [0.5, 0.6) is 0 Å². The number of hydrogen-bond acceptors (Lipinski definition) is 5. The number of carbonyl (C=O) groups is 1. The number of rotatable bonds is 6. The van der Waals surface area contributed by atoms with E-state index < -0.39 is 18.6 Å². The summed E-state index contributed by atoms with van der Waals surface area (Å²) < 4.78 is 0. The SMILES string of the molecule is N[C@@H]1CN[C@@](CCCCB(O)O)(C(=O)O)C1.